The van der Waals surface area contributed by atoms with Gasteiger partial charge >= 0.3 is 5.97 Å². The van der Waals surface area contributed by atoms with Crippen molar-refractivity contribution in [2.75, 3.05) is 19.8 Å². The summed E-state index contributed by atoms with van der Waals surface area (Å²) >= 11 is 0. The van der Waals surface area contributed by atoms with Gasteiger partial charge in [0.2, 0.25) is 0 Å². The summed E-state index contributed by atoms with van der Waals surface area (Å²) in [6, 6.07) is 14.8. The Morgan fingerprint density at radius 1 is 1.04 bits per heavy atom. The Labute approximate surface area is 147 Å². The van der Waals surface area contributed by atoms with Gasteiger partial charge in [-0.15, -0.1) is 0 Å². The van der Waals surface area contributed by atoms with Crippen LogP contribution in [0.3, 0.4) is 0 Å². The highest BCUT2D eigenvalue weighted by Gasteiger charge is 2.20. The van der Waals surface area contributed by atoms with E-state index in [0.29, 0.717) is 31.0 Å². The van der Waals surface area contributed by atoms with Gasteiger partial charge in [-0.25, -0.2) is 4.79 Å². The minimum atomic E-state index is -0.364. The van der Waals surface area contributed by atoms with Crippen LogP contribution in [0.25, 0.3) is 0 Å². The third-order valence-electron chi connectivity index (χ3n) is 4.21. The maximum atomic E-state index is 12.4. The molecular formula is C20H21NO4. The summed E-state index contributed by atoms with van der Waals surface area (Å²) in [4.78, 5) is 25.8. The van der Waals surface area contributed by atoms with Crippen LogP contribution in [0.1, 0.15) is 28.4 Å². The molecule has 1 amide bonds. The lowest BCUT2D eigenvalue weighted by molar-refractivity contribution is -0.134. The van der Waals surface area contributed by atoms with Crippen LogP contribution >= 0.6 is 0 Å². The number of nitrogens with zero attached hydrogens (tertiary/aromatic N) is 1. The van der Waals surface area contributed by atoms with Crippen molar-refractivity contribution in [1.82, 2.24) is 4.90 Å². The molecule has 0 aromatic heterocycles. The van der Waals surface area contributed by atoms with Crippen LogP contribution in [-0.2, 0) is 22.5 Å². The van der Waals surface area contributed by atoms with E-state index in [-0.39, 0.29) is 18.5 Å². The van der Waals surface area contributed by atoms with Crippen molar-refractivity contribution in [3.05, 3.63) is 65.2 Å². The Hall–Kier alpha value is -2.82. The van der Waals surface area contributed by atoms with E-state index in [0.717, 1.165) is 6.42 Å². The summed E-state index contributed by atoms with van der Waals surface area (Å²) in [6.45, 7) is 3.42. The molecule has 0 aliphatic carbocycles. The van der Waals surface area contributed by atoms with E-state index in [1.165, 1.54) is 11.1 Å². The van der Waals surface area contributed by atoms with E-state index >= 15 is 0 Å². The fourth-order valence-corrected chi connectivity index (χ4v) is 2.85. The zero-order valence-electron chi connectivity index (χ0n) is 14.2. The highest BCUT2D eigenvalue weighted by Crippen LogP contribution is 2.19. The summed E-state index contributed by atoms with van der Waals surface area (Å²) in [5, 5.41) is 0. The molecule has 0 spiro atoms. The van der Waals surface area contributed by atoms with Gasteiger partial charge in [-0.1, -0.05) is 24.3 Å². The smallest absolute Gasteiger partial charge is 0.338 e. The number of hydrogen-bond acceptors (Lipinski definition) is 4. The van der Waals surface area contributed by atoms with Gasteiger partial charge in [0, 0.05) is 13.1 Å². The van der Waals surface area contributed by atoms with E-state index in [1.54, 1.807) is 31.2 Å². The molecule has 1 aliphatic rings. The lowest BCUT2D eigenvalue weighted by atomic mass is 10.00. The number of hydrogen-bond donors (Lipinski definition) is 0. The highest BCUT2D eigenvalue weighted by molar-refractivity contribution is 5.89. The number of fused-ring (bicyclic) bond motifs is 1. The molecule has 1 aliphatic heterocycles. The van der Waals surface area contributed by atoms with Gasteiger partial charge in [-0.2, -0.15) is 0 Å². The van der Waals surface area contributed by atoms with Gasteiger partial charge in [0.25, 0.3) is 5.91 Å². The van der Waals surface area contributed by atoms with Crippen LogP contribution < -0.4 is 4.74 Å². The zero-order valence-corrected chi connectivity index (χ0v) is 14.2. The number of amides is 1. The number of esters is 1. The zero-order chi connectivity index (χ0) is 17.6. The molecule has 5 nitrogen and oxygen atoms in total. The van der Waals surface area contributed by atoms with Crippen LogP contribution in [-0.4, -0.2) is 36.5 Å². The monoisotopic (exact) mass is 339 g/mol. The van der Waals surface area contributed by atoms with E-state index in [9.17, 15) is 9.59 Å². The molecule has 0 N–H and O–H groups in total. The summed E-state index contributed by atoms with van der Waals surface area (Å²) in [5.41, 5.74) is 2.97. The largest absolute Gasteiger partial charge is 0.484 e. The molecule has 3 rings (SSSR count). The number of benzene rings is 2. The molecular weight excluding hydrogens is 318 g/mol. The first-order chi connectivity index (χ1) is 12.2. The SMILES string of the molecule is CCOC(=O)c1ccc(OCC(=O)N2CCc3ccccc3C2)cc1. The lowest BCUT2D eigenvalue weighted by Crippen LogP contribution is -2.38. The number of carbonyl (C=O) groups excluding carboxylic acids is 2. The van der Waals surface area contributed by atoms with E-state index < -0.39 is 0 Å². The van der Waals surface area contributed by atoms with E-state index in [2.05, 4.69) is 12.1 Å². The molecule has 25 heavy (non-hydrogen) atoms. The average molecular weight is 339 g/mol. The van der Waals surface area contributed by atoms with Crippen molar-refractivity contribution >= 4 is 11.9 Å². The minimum absolute atomic E-state index is 0.0130. The fourth-order valence-electron chi connectivity index (χ4n) is 2.85. The van der Waals surface area contributed by atoms with Crippen molar-refractivity contribution in [2.24, 2.45) is 0 Å². The van der Waals surface area contributed by atoms with Crippen molar-refractivity contribution in [3.63, 3.8) is 0 Å². The molecule has 0 radical (unpaired) electrons. The number of ether oxygens (including phenoxy) is 2. The quantitative estimate of drug-likeness (QED) is 0.786. The Morgan fingerprint density at radius 2 is 1.76 bits per heavy atom. The Morgan fingerprint density at radius 3 is 2.48 bits per heavy atom. The van der Waals surface area contributed by atoms with Gasteiger partial charge in [0.1, 0.15) is 5.75 Å². The maximum absolute atomic E-state index is 12.4. The Balaban J connectivity index is 1.53. The molecule has 2 aromatic carbocycles. The van der Waals surface area contributed by atoms with E-state index in [4.69, 9.17) is 9.47 Å². The lowest BCUT2D eigenvalue weighted by Gasteiger charge is -2.28. The van der Waals surface area contributed by atoms with Crippen LogP contribution in [0.5, 0.6) is 5.75 Å². The summed E-state index contributed by atoms with van der Waals surface area (Å²) < 4.78 is 10.5. The fraction of sp³-hybridized carbons (Fsp3) is 0.300. The topological polar surface area (TPSA) is 55.8 Å². The molecule has 0 bridgehead atoms. The average Bonchev–Trinajstić information content (AvgIpc) is 2.66. The van der Waals surface area contributed by atoms with Gasteiger partial charge in [-0.05, 0) is 48.7 Å². The Kier molecular flexibility index (Phi) is 5.33. The van der Waals surface area contributed by atoms with Crippen LogP contribution in [0.4, 0.5) is 0 Å². The first kappa shape index (κ1) is 17.0. The molecule has 0 fully saturated rings. The van der Waals surface area contributed by atoms with Crippen LogP contribution in [0.2, 0.25) is 0 Å². The van der Waals surface area contributed by atoms with Crippen molar-refractivity contribution in [1.29, 1.82) is 0 Å². The first-order valence-electron chi connectivity index (χ1n) is 8.42. The van der Waals surface area contributed by atoms with Gasteiger partial charge in [0.15, 0.2) is 6.61 Å². The molecule has 5 heteroatoms. The second-order valence-electron chi connectivity index (χ2n) is 5.87. The summed E-state index contributed by atoms with van der Waals surface area (Å²) in [7, 11) is 0. The predicted octanol–water partition coefficient (Wildman–Crippen LogP) is 2.83. The van der Waals surface area contributed by atoms with Crippen molar-refractivity contribution < 1.29 is 19.1 Å². The molecule has 2 aromatic rings. The second-order valence-corrected chi connectivity index (χ2v) is 5.87. The standard InChI is InChI=1S/C20H21NO4/c1-2-24-20(23)16-7-9-18(10-8-16)25-14-19(22)21-12-11-15-5-3-4-6-17(15)13-21/h3-10H,2,11-14H2,1H3. The molecule has 0 saturated heterocycles. The number of carbonyl (C=O) groups is 2. The van der Waals surface area contributed by atoms with E-state index in [1.807, 2.05) is 17.0 Å². The summed E-state index contributed by atoms with van der Waals surface area (Å²) in [5.74, 6) is 0.153. The first-order valence-corrected chi connectivity index (χ1v) is 8.42. The molecule has 0 unspecified atom stereocenters. The molecule has 0 atom stereocenters. The summed E-state index contributed by atoms with van der Waals surface area (Å²) in [6.07, 6.45) is 0.871. The van der Waals surface area contributed by atoms with Gasteiger partial charge < -0.3 is 14.4 Å². The third kappa shape index (κ3) is 4.18. The normalized spacial score (nSPS) is 13.1. The third-order valence-corrected chi connectivity index (χ3v) is 4.21. The number of rotatable bonds is 5. The van der Waals surface area contributed by atoms with Gasteiger partial charge in [-0.3, -0.25) is 4.79 Å². The van der Waals surface area contributed by atoms with Gasteiger partial charge in [0.05, 0.1) is 12.2 Å². The Bertz CT molecular complexity index is 755. The minimum Gasteiger partial charge on any atom is -0.484 e. The van der Waals surface area contributed by atoms with Crippen LogP contribution in [0, 0.1) is 0 Å². The predicted molar refractivity (Wildman–Crippen MR) is 93.5 cm³/mol. The maximum Gasteiger partial charge on any atom is 0.338 e. The van der Waals surface area contributed by atoms with Crippen molar-refractivity contribution in [3.8, 4) is 5.75 Å². The highest BCUT2D eigenvalue weighted by atomic mass is 16.5. The van der Waals surface area contributed by atoms with Crippen LogP contribution in [0.15, 0.2) is 48.5 Å². The second kappa shape index (κ2) is 7.83. The molecule has 0 saturated carbocycles. The molecule has 130 valence electrons. The molecule has 1 heterocycles. The van der Waals surface area contributed by atoms with Crippen molar-refractivity contribution in [2.45, 2.75) is 19.9 Å².